The van der Waals surface area contributed by atoms with E-state index < -0.39 is 0 Å². The van der Waals surface area contributed by atoms with Gasteiger partial charge in [0, 0.05) is 43.6 Å². The maximum Gasteiger partial charge on any atom is 0.259 e. The number of carbonyl (C=O) groups is 2. The molecular weight excluding hydrogens is 442 g/mol. The summed E-state index contributed by atoms with van der Waals surface area (Å²) in [6, 6.07) is 1.38. The van der Waals surface area contributed by atoms with Crippen LogP contribution in [0.1, 0.15) is 82.1 Å². The summed E-state index contributed by atoms with van der Waals surface area (Å²) in [6.07, 6.45) is 7.38. The van der Waals surface area contributed by atoms with Crippen LogP contribution in [0.15, 0.2) is 12.3 Å². The van der Waals surface area contributed by atoms with Crippen molar-refractivity contribution >= 4 is 11.8 Å². The lowest BCUT2D eigenvalue weighted by Crippen LogP contribution is -2.51. The maximum absolute atomic E-state index is 13.5. The summed E-state index contributed by atoms with van der Waals surface area (Å²) >= 11 is 0. The smallest absolute Gasteiger partial charge is 0.259 e. The van der Waals surface area contributed by atoms with E-state index in [1.54, 1.807) is 22.1 Å². The van der Waals surface area contributed by atoms with E-state index in [-0.39, 0.29) is 48.3 Å². The number of aromatic nitrogens is 1. The van der Waals surface area contributed by atoms with Crippen molar-refractivity contribution in [2.24, 2.45) is 17.8 Å². The molecule has 1 aromatic rings. The van der Waals surface area contributed by atoms with Gasteiger partial charge in [-0.1, -0.05) is 51.9 Å². The van der Waals surface area contributed by atoms with Gasteiger partial charge in [0.05, 0.1) is 19.2 Å². The normalized spacial score (nSPS) is 21.8. The first-order chi connectivity index (χ1) is 16.7. The molecule has 1 fully saturated rings. The summed E-state index contributed by atoms with van der Waals surface area (Å²) < 4.78 is 6.32. The summed E-state index contributed by atoms with van der Waals surface area (Å²) in [7, 11) is 1.84. The van der Waals surface area contributed by atoms with E-state index in [1.807, 2.05) is 20.9 Å². The van der Waals surface area contributed by atoms with Crippen LogP contribution < -0.4 is 4.74 Å². The van der Waals surface area contributed by atoms with Crippen molar-refractivity contribution in [3.05, 3.63) is 23.4 Å². The van der Waals surface area contributed by atoms with Gasteiger partial charge in [0.2, 0.25) is 11.8 Å². The third-order valence-electron chi connectivity index (χ3n) is 7.05. The van der Waals surface area contributed by atoms with Crippen molar-refractivity contribution in [1.82, 2.24) is 14.8 Å². The number of likely N-dealkylation sites (N-methyl/N-ethyl adjacent to an activating group) is 1. The first kappa shape index (κ1) is 27.0. The number of pyridine rings is 1. The van der Waals surface area contributed by atoms with Crippen molar-refractivity contribution in [3.63, 3.8) is 0 Å². The zero-order valence-electron chi connectivity index (χ0n) is 21.9. The fourth-order valence-corrected chi connectivity index (χ4v) is 4.77. The lowest BCUT2D eigenvalue weighted by Gasteiger charge is -2.38. The molecule has 3 rings (SSSR count). The molecule has 0 spiro atoms. The summed E-state index contributed by atoms with van der Waals surface area (Å²) in [5.74, 6) is 6.93. The van der Waals surface area contributed by atoms with Crippen molar-refractivity contribution in [1.29, 1.82) is 0 Å². The molecule has 2 heterocycles. The van der Waals surface area contributed by atoms with Crippen molar-refractivity contribution in [2.45, 2.75) is 78.4 Å². The fraction of sp³-hybridized carbons (Fsp3) is 0.679. The SMILES string of the molecule is CC(C)CC#Cc1cnc2c(c1)C(=O)N([C@H](C)CO)C[C@H](C)[C@H](CN(C)C(=O)C1CCCCC1)O2. The quantitative estimate of drug-likeness (QED) is 0.624. The second kappa shape index (κ2) is 12.4. The predicted molar refractivity (Wildman–Crippen MR) is 136 cm³/mol. The number of fused-ring (bicyclic) bond motifs is 1. The highest BCUT2D eigenvalue weighted by Crippen LogP contribution is 2.29. The fourth-order valence-electron chi connectivity index (χ4n) is 4.77. The number of hydrogen-bond donors (Lipinski definition) is 1. The molecule has 0 bridgehead atoms. The Morgan fingerprint density at radius 2 is 2.00 bits per heavy atom. The van der Waals surface area contributed by atoms with Crippen molar-refractivity contribution in [2.75, 3.05) is 26.7 Å². The third-order valence-corrected chi connectivity index (χ3v) is 7.05. The van der Waals surface area contributed by atoms with Crippen LogP contribution in [0.25, 0.3) is 0 Å². The van der Waals surface area contributed by atoms with Gasteiger partial charge in [0.1, 0.15) is 11.7 Å². The second-order valence-electron chi connectivity index (χ2n) is 10.7. The minimum atomic E-state index is -0.353. The number of hydrogen-bond acceptors (Lipinski definition) is 5. The average molecular weight is 484 g/mol. The molecule has 1 aromatic heterocycles. The van der Waals surface area contributed by atoms with Gasteiger partial charge in [-0.05, 0) is 31.7 Å². The number of amides is 2. The Hall–Kier alpha value is -2.59. The van der Waals surface area contributed by atoms with E-state index in [0.29, 0.717) is 30.1 Å². The Labute approximate surface area is 210 Å². The Bertz CT molecular complexity index is 945. The standard InChI is InChI=1S/C28H41N3O4/c1-19(2)10-9-11-22-14-24-26(29-15-22)35-25(20(3)16-31(28(24)34)21(4)18-32)17-30(5)27(33)23-12-7-6-8-13-23/h14-15,19-21,23,25,32H,6-8,10,12-13,16-18H2,1-5H3/t20-,21+,25-/m0/s1. The van der Waals surface area contributed by atoms with E-state index in [4.69, 9.17) is 4.74 Å². The van der Waals surface area contributed by atoms with E-state index in [2.05, 4.69) is 30.7 Å². The molecule has 0 saturated heterocycles. The monoisotopic (exact) mass is 483 g/mol. The first-order valence-electron chi connectivity index (χ1n) is 13.0. The van der Waals surface area contributed by atoms with Crippen LogP contribution in [0, 0.1) is 29.6 Å². The van der Waals surface area contributed by atoms with Gasteiger partial charge in [-0.25, -0.2) is 4.98 Å². The lowest BCUT2D eigenvalue weighted by molar-refractivity contribution is -0.136. The maximum atomic E-state index is 13.5. The Morgan fingerprint density at radius 1 is 1.29 bits per heavy atom. The number of rotatable bonds is 6. The molecule has 192 valence electrons. The molecule has 1 saturated carbocycles. The van der Waals surface area contributed by atoms with E-state index in [0.717, 1.165) is 32.1 Å². The topological polar surface area (TPSA) is 83.0 Å². The third kappa shape index (κ3) is 6.98. The number of aliphatic hydroxyl groups excluding tert-OH is 1. The summed E-state index contributed by atoms with van der Waals surface area (Å²) in [4.78, 5) is 34.5. The minimum Gasteiger partial charge on any atom is -0.472 e. The molecule has 35 heavy (non-hydrogen) atoms. The first-order valence-corrected chi connectivity index (χ1v) is 13.0. The highest BCUT2D eigenvalue weighted by molar-refractivity contribution is 5.97. The number of nitrogens with zero attached hydrogens (tertiary/aromatic N) is 3. The highest BCUT2D eigenvalue weighted by Gasteiger charge is 2.35. The summed E-state index contributed by atoms with van der Waals surface area (Å²) in [5, 5.41) is 9.84. The molecule has 1 aliphatic carbocycles. The highest BCUT2D eigenvalue weighted by atomic mass is 16.5. The molecule has 0 aromatic carbocycles. The molecule has 1 aliphatic heterocycles. The van der Waals surface area contributed by atoms with Crippen LogP contribution in [-0.4, -0.2) is 70.6 Å². The van der Waals surface area contributed by atoms with Gasteiger partial charge in [0.15, 0.2) is 0 Å². The minimum absolute atomic E-state index is 0.0602. The van der Waals surface area contributed by atoms with Crippen LogP contribution in [0.2, 0.25) is 0 Å². The second-order valence-corrected chi connectivity index (χ2v) is 10.7. The predicted octanol–water partition coefficient (Wildman–Crippen LogP) is 3.74. The molecule has 7 heteroatoms. The molecule has 0 radical (unpaired) electrons. The zero-order valence-corrected chi connectivity index (χ0v) is 21.9. The van der Waals surface area contributed by atoms with Gasteiger partial charge in [-0.2, -0.15) is 0 Å². The molecular formula is C28H41N3O4. The molecule has 0 unspecified atom stereocenters. The molecule has 3 atom stereocenters. The lowest BCUT2D eigenvalue weighted by atomic mass is 9.88. The van der Waals surface area contributed by atoms with Crippen molar-refractivity contribution < 1.29 is 19.4 Å². The number of carbonyl (C=O) groups excluding carboxylic acids is 2. The number of ether oxygens (including phenoxy) is 1. The molecule has 1 N–H and O–H groups in total. The van der Waals surface area contributed by atoms with Gasteiger partial charge >= 0.3 is 0 Å². The van der Waals surface area contributed by atoms with Crippen LogP contribution in [0.4, 0.5) is 0 Å². The van der Waals surface area contributed by atoms with E-state index >= 15 is 0 Å². The Morgan fingerprint density at radius 3 is 2.66 bits per heavy atom. The van der Waals surface area contributed by atoms with Gasteiger partial charge in [-0.15, -0.1) is 0 Å². The summed E-state index contributed by atoms with van der Waals surface area (Å²) in [6.45, 7) is 8.76. The largest absolute Gasteiger partial charge is 0.472 e. The van der Waals surface area contributed by atoms with Crippen LogP contribution >= 0.6 is 0 Å². The van der Waals surface area contributed by atoms with Gasteiger partial charge in [0.25, 0.3) is 5.91 Å². The van der Waals surface area contributed by atoms with E-state index in [1.165, 1.54) is 6.42 Å². The van der Waals surface area contributed by atoms with Crippen LogP contribution in [0.3, 0.4) is 0 Å². The Balaban J connectivity index is 1.88. The average Bonchev–Trinajstić information content (AvgIpc) is 2.85. The molecule has 7 nitrogen and oxygen atoms in total. The zero-order chi connectivity index (χ0) is 25.5. The van der Waals surface area contributed by atoms with Crippen LogP contribution in [0.5, 0.6) is 5.88 Å². The van der Waals surface area contributed by atoms with E-state index in [9.17, 15) is 14.7 Å². The Kier molecular flexibility index (Phi) is 9.56. The van der Waals surface area contributed by atoms with Crippen LogP contribution in [-0.2, 0) is 4.79 Å². The molecule has 2 amide bonds. The van der Waals surface area contributed by atoms with Gasteiger partial charge < -0.3 is 19.6 Å². The van der Waals surface area contributed by atoms with Gasteiger partial charge in [-0.3, -0.25) is 9.59 Å². The van der Waals surface area contributed by atoms with Crippen molar-refractivity contribution in [3.8, 4) is 17.7 Å². The summed E-state index contributed by atoms with van der Waals surface area (Å²) in [5.41, 5.74) is 1.01. The number of aliphatic hydroxyl groups is 1. The molecule has 2 aliphatic rings.